The van der Waals surface area contributed by atoms with E-state index in [1.165, 1.54) is 7.11 Å². The van der Waals surface area contributed by atoms with Crippen LogP contribution in [0.5, 0.6) is 0 Å². The summed E-state index contributed by atoms with van der Waals surface area (Å²) in [6, 6.07) is 0. The molecular weight excluding hydrogens is 222 g/mol. The number of hydrogen-bond acceptors (Lipinski definition) is 4. The van der Waals surface area contributed by atoms with E-state index >= 15 is 0 Å². The number of rotatable bonds is 9. The monoisotopic (exact) mass is 239 g/mol. The predicted molar refractivity (Wildman–Crippen MR) is 55.2 cm³/mol. The number of aliphatic carboxylic acids is 1. The average molecular weight is 239 g/mol. The minimum absolute atomic E-state index is 0.00785. The lowest BCUT2D eigenvalue weighted by molar-refractivity contribution is -0.137. The molecule has 0 fully saturated rings. The fourth-order valence-corrected chi connectivity index (χ4v) is 2.03. The van der Waals surface area contributed by atoms with Crippen LogP contribution in [0.15, 0.2) is 0 Å². The Hall–Kier alpha value is -0.660. The molecule has 0 aliphatic rings. The van der Waals surface area contributed by atoms with Crippen LogP contribution in [0.25, 0.3) is 0 Å². The normalized spacial score (nSPS) is 11.5. The van der Waals surface area contributed by atoms with Gasteiger partial charge >= 0.3 is 5.97 Å². The summed E-state index contributed by atoms with van der Waals surface area (Å²) >= 11 is 0. The molecule has 15 heavy (non-hydrogen) atoms. The zero-order chi connectivity index (χ0) is 11.7. The highest BCUT2D eigenvalue weighted by Crippen LogP contribution is 1.92. The fourth-order valence-electron chi connectivity index (χ4n) is 0.933. The van der Waals surface area contributed by atoms with Crippen LogP contribution in [0.1, 0.15) is 19.3 Å². The van der Waals surface area contributed by atoms with E-state index in [0.29, 0.717) is 19.4 Å². The molecule has 0 aliphatic heterocycles. The molecule has 7 heteroatoms. The van der Waals surface area contributed by atoms with Crippen molar-refractivity contribution in [3.63, 3.8) is 0 Å². The zero-order valence-electron chi connectivity index (χ0n) is 8.73. The molecule has 0 aromatic carbocycles. The summed E-state index contributed by atoms with van der Waals surface area (Å²) in [5.41, 5.74) is 0. The summed E-state index contributed by atoms with van der Waals surface area (Å²) in [6.45, 7) is 0.567. The predicted octanol–water partition coefficient (Wildman–Crippen LogP) is -0.193. The third-order valence-electron chi connectivity index (χ3n) is 1.65. The molecule has 0 spiro atoms. The maximum atomic E-state index is 11.2. The fraction of sp³-hybridized carbons (Fsp3) is 0.875. The van der Waals surface area contributed by atoms with Gasteiger partial charge in [-0.25, -0.2) is 13.1 Å². The summed E-state index contributed by atoms with van der Waals surface area (Å²) in [7, 11) is -1.77. The molecule has 0 saturated heterocycles. The number of carbonyl (C=O) groups is 1. The Morgan fingerprint density at radius 1 is 1.40 bits per heavy atom. The summed E-state index contributed by atoms with van der Waals surface area (Å²) < 4.78 is 29.5. The average Bonchev–Trinajstić information content (AvgIpc) is 2.13. The Balaban J connectivity index is 3.60. The summed E-state index contributed by atoms with van der Waals surface area (Å²) in [4.78, 5) is 10.1. The molecule has 0 radical (unpaired) electrons. The van der Waals surface area contributed by atoms with Gasteiger partial charge in [-0.1, -0.05) is 0 Å². The van der Waals surface area contributed by atoms with Crippen molar-refractivity contribution < 1.29 is 23.1 Å². The minimum Gasteiger partial charge on any atom is -0.481 e. The van der Waals surface area contributed by atoms with Crippen LogP contribution in [0.2, 0.25) is 0 Å². The van der Waals surface area contributed by atoms with Crippen molar-refractivity contribution in [3.8, 4) is 0 Å². The molecular formula is C8H17NO5S. The molecule has 0 aliphatic carbocycles. The summed E-state index contributed by atoms with van der Waals surface area (Å²) in [6.07, 6.45) is 0.712. The first-order valence-electron chi connectivity index (χ1n) is 4.66. The second-order valence-corrected chi connectivity index (χ2v) is 4.98. The molecule has 0 heterocycles. The standard InChI is InChI=1S/C8H17NO5S/c1-14-6-3-7-15(12,13)9-5-2-4-8(10)11/h9H,2-7H2,1H3,(H,10,11). The zero-order valence-corrected chi connectivity index (χ0v) is 9.55. The topological polar surface area (TPSA) is 92.7 Å². The SMILES string of the molecule is COCCCS(=O)(=O)NCCCC(=O)O. The van der Waals surface area contributed by atoms with Gasteiger partial charge in [0.05, 0.1) is 5.75 Å². The van der Waals surface area contributed by atoms with E-state index < -0.39 is 16.0 Å². The summed E-state index contributed by atoms with van der Waals surface area (Å²) in [5, 5.41) is 8.32. The number of hydrogen-bond donors (Lipinski definition) is 2. The lowest BCUT2D eigenvalue weighted by Crippen LogP contribution is -2.28. The molecule has 0 saturated carbocycles. The van der Waals surface area contributed by atoms with Crippen molar-refractivity contribution in [3.05, 3.63) is 0 Å². The van der Waals surface area contributed by atoms with E-state index in [-0.39, 0.29) is 18.7 Å². The van der Waals surface area contributed by atoms with E-state index in [2.05, 4.69) is 4.72 Å². The van der Waals surface area contributed by atoms with E-state index in [9.17, 15) is 13.2 Å². The first kappa shape index (κ1) is 14.3. The van der Waals surface area contributed by atoms with Crippen molar-refractivity contribution in [2.24, 2.45) is 0 Å². The van der Waals surface area contributed by atoms with Crippen LogP contribution in [-0.4, -0.2) is 45.5 Å². The minimum atomic E-state index is -3.27. The Bertz CT molecular complexity index is 275. The maximum absolute atomic E-state index is 11.2. The van der Waals surface area contributed by atoms with E-state index in [4.69, 9.17) is 9.84 Å². The van der Waals surface area contributed by atoms with E-state index in [1.807, 2.05) is 0 Å². The molecule has 0 amide bonds. The van der Waals surface area contributed by atoms with Crippen LogP contribution in [0, 0.1) is 0 Å². The second kappa shape index (κ2) is 7.61. The van der Waals surface area contributed by atoms with Crippen LogP contribution in [-0.2, 0) is 19.6 Å². The van der Waals surface area contributed by atoms with Crippen molar-refractivity contribution in [1.82, 2.24) is 4.72 Å². The molecule has 0 unspecified atom stereocenters. The van der Waals surface area contributed by atoms with Crippen LogP contribution in [0.3, 0.4) is 0 Å². The van der Waals surface area contributed by atoms with Crippen molar-refractivity contribution in [2.75, 3.05) is 26.0 Å². The Labute approximate surface area is 89.7 Å². The molecule has 0 atom stereocenters. The molecule has 0 bridgehead atoms. The highest BCUT2D eigenvalue weighted by molar-refractivity contribution is 7.89. The first-order chi connectivity index (χ1) is 6.98. The second-order valence-electron chi connectivity index (χ2n) is 3.06. The third-order valence-corrected chi connectivity index (χ3v) is 3.12. The largest absolute Gasteiger partial charge is 0.481 e. The van der Waals surface area contributed by atoms with Crippen molar-refractivity contribution >= 4 is 16.0 Å². The maximum Gasteiger partial charge on any atom is 0.303 e. The number of nitrogens with one attached hydrogen (secondary N) is 1. The van der Waals surface area contributed by atoms with Gasteiger partial charge in [-0.15, -0.1) is 0 Å². The quantitative estimate of drug-likeness (QED) is 0.544. The highest BCUT2D eigenvalue weighted by atomic mass is 32.2. The van der Waals surface area contributed by atoms with Gasteiger partial charge < -0.3 is 9.84 Å². The van der Waals surface area contributed by atoms with Crippen molar-refractivity contribution in [1.29, 1.82) is 0 Å². The van der Waals surface area contributed by atoms with Gasteiger partial charge in [0.2, 0.25) is 10.0 Å². The van der Waals surface area contributed by atoms with Gasteiger partial charge in [-0.05, 0) is 12.8 Å². The molecule has 0 aromatic heterocycles. The molecule has 2 N–H and O–H groups in total. The Morgan fingerprint density at radius 2 is 2.07 bits per heavy atom. The Kier molecular flexibility index (Phi) is 7.27. The van der Waals surface area contributed by atoms with Gasteiger partial charge in [0.25, 0.3) is 0 Å². The smallest absolute Gasteiger partial charge is 0.303 e. The number of ether oxygens (including phenoxy) is 1. The number of sulfonamides is 1. The van der Waals surface area contributed by atoms with Crippen LogP contribution in [0.4, 0.5) is 0 Å². The summed E-state index contributed by atoms with van der Waals surface area (Å²) in [5.74, 6) is -0.915. The molecule has 0 rings (SSSR count). The van der Waals surface area contributed by atoms with Crippen LogP contribution >= 0.6 is 0 Å². The number of carboxylic acids is 1. The van der Waals surface area contributed by atoms with Crippen LogP contribution < -0.4 is 4.72 Å². The van der Waals surface area contributed by atoms with Crippen molar-refractivity contribution in [2.45, 2.75) is 19.3 Å². The molecule has 90 valence electrons. The molecule has 0 aromatic rings. The first-order valence-corrected chi connectivity index (χ1v) is 6.31. The van der Waals surface area contributed by atoms with E-state index in [0.717, 1.165) is 0 Å². The van der Waals surface area contributed by atoms with E-state index in [1.54, 1.807) is 0 Å². The number of methoxy groups -OCH3 is 1. The molecule has 6 nitrogen and oxygen atoms in total. The highest BCUT2D eigenvalue weighted by Gasteiger charge is 2.08. The van der Waals surface area contributed by atoms with Gasteiger partial charge in [-0.3, -0.25) is 4.79 Å². The Morgan fingerprint density at radius 3 is 2.60 bits per heavy atom. The number of carboxylic acid groups (broad SMARTS) is 1. The van der Waals surface area contributed by atoms with Gasteiger partial charge in [0.1, 0.15) is 0 Å². The third kappa shape index (κ3) is 9.64. The van der Waals surface area contributed by atoms with Gasteiger partial charge in [-0.2, -0.15) is 0 Å². The lowest BCUT2D eigenvalue weighted by atomic mass is 10.3. The lowest BCUT2D eigenvalue weighted by Gasteiger charge is -2.05. The van der Waals surface area contributed by atoms with Gasteiger partial charge in [0, 0.05) is 26.7 Å². The van der Waals surface area contributed by atoms with Gasteiger partial charge in [0.15, 0.2) is 0 Å².